The number of hydrogen-bond acceptors (Lipinski definition) is 2. The van der Waals surface area contributed by atoms with Gasteiger partial charge in [0.05, 0.1) is 0 Å². The van der Waals surface area contributed by atoms with E-state index in [1.807, 2.05) is 23.5 Å². The molecule has 66 valence electrons. The molecule has 2 rings (SSSR count). The standard InChI is InChI=1S/C11H11NS/c1-12(13)11-7-6-9-4-2-3-5-10(9)8-11/h2-8,13H,1H3. The minimum Gasteiger partial charge on any atom is -0.322 e. The van der Waals surface area contributed by atoms with Crippen LogP contribution in [0.4, 0.5) is 5.69 Å². The summed E-state index contributed by atoms with van der Waals surface area (Å²) >= 11 is 4.25. The molecule has 0 saturated heterocycles. The van der Waals surface area contributed by atoms with Crippen molar-refractivity contribution in [3.8, 4) is 0 Å². The van der Waals surface area contributed by atoms with Gasteiger partial charge in [0.25, 0.3) is 0 Å². The highest BCUT2D eigenvalue weighted by Crippen LogP contribution is 2.21. The van der Waals surface area contributed by atoms with Crippen molar-refractivity contribution < 1.29 is 0 Å². The van der Waals surface area contributed by atoms with Gasteiger partial charge in [-0.2, -0.15) is 0 Å². The van der Waals surface area contributed by atoms with E-state index in [2.05, 4.69) is 43.1 Å². The fourth-order valence-corrected chi connectivity index (χ4v) is 1.50. The largest absolute Gasteiger partial charge is 0.322 e. The van der Waals surface area contributed by atoms with Crippen LogP contribution in [0, 0.1) is 0 Å². The smallest absolute Gasteiger partial charge is 0.0470 e. The van der Waals surface area contributed by atoms with E-state index < -0.39 is 0 Å². The molecule has 0 N–H and O–H groups in total. The summed E-state index contributed by atoms with van der Waals surface area (Å²) in [5, 5.41) is 2.52. The maximum absolute atomic E-state index is 4.25. The van der Waals surface area contributed by atoms with Crippen molar-refractivity contribution in [2.45, 2.75) is 0 Å². The van der Waals surface area contributed by atoms with Crippen molar-refractivity contribution in [1.82, 2.24) is 0 Å². The zero-order valence-corrected chi connectivity index (χ0v) is 8.33. The molecule has 0 saturated carbocycles. The number of hydrogen-bond donors (Lipinski definition) is 1. The number of nitrogens with zero attached hydrogens (tertiary/aromatic N) is 1. The molecule has 2 aromatic rings. The SMILES string of the molecule is CN(S)c1ccc2ccccc2c1. The molecule has 0 heterocycles. The predicted octanol–water partition coefficient (Wildman–Crippen LogP) is 3.12. The van der Waals surface area contributed by atoms with Crippen LogP contribution in [0.3, 0.4) is 0 Å². The summed E-state index contributed by atoms with van der Waals surface area (Å²) in [6.45, 7) is 0. The Kier molecular flexibility index (Phi) is 2.15. The number of fused-ring (bicyclic) bond motifs is 1. The van der Waals surface area contributed by atoms with E-state index in [4.69, 9.17) is 0 Å². The van der Waals surface area contributed by atoms with Crippen molar-refractivity contribution in [3.63, 3.8) is 0 Å². The van der Waals surface area contributed by atoms with Gasteiger partial charge in [0.2, 0.25) is 0 Å². The van der Waals surface area contributed by atoms with Crippen LogP contribution in [0.1, 0.15) is 0 Å². The first-order valence-corrected chi connectivity index (χ1v) is 4.59. The van der Waals surface area contributed by atoms with Gasteiger partial charge in [0.15, 0.2) is 0 Å². The van der Waals surface area contributed by atoms with Crippen LogP contribution < -0.4 is 4.31 Å². The van der Waals surface area contributed by atoms with E-state index >= 15 is 0 Å². The lowest BCUT2D eigenvalue weighted by molar-refractivity contribution is 1.38. The first kappa shape index (κ1) is 8.45. The average molecular weight is 189 g/mol. The van der Waals surface area contributed by atoms with Crippen LogP contribution in [-0.4, -0.2) is 7.05 Å². The van der Waals surface area contributed by atoms with Crippen molar-refractivity contribution >= 4 is 29.3 Å². The summed E-state index contributed by atoms with van der Waals surface area (Å²) in [7, 11) is 1.92. The third-order valence-corrected chi connectivity index (χ3v) is 2.34. The van der Waals surface area contributed by atoms with E-state index in [1.165, 1.54) is 10.8 Å². The van der Waals surface area contributed by atoms with Crippen molar-refractivity contribution in [1.29, 1.82) is 0 Å². The molecule has 0 spiro atoms. The molecular weight excluding hydrogens is 178 g/mol. The second-order valence-corrected chi connectivity index (χ2v) is 3.66. The van der Waals surface area contributed by atoms with Crippen LogP contribution in [-0.2, 0) is 0 Å². The lowest BCUT2D eigenvalue weighted by Gasteiger charge is -2.11. The average Bonchev–Trinajstić information content (AvgIpc) is 2.17. The van der Waals surface area contributed by atoms with Crippen molar-refractivity contribution in [2.24, 2.45) is 0 Å². The van der Waals surface area contributed by atoms with Crippen LogP contribution in [0.2, 0.25) is 0 Å². The predicted molar refractivity (Wildman–Crippen MR) is 61.3 cm³/mol. The topological polar surface area (TPSA) is 3.24 Å². The Morgan fingerprint density at radius 3 is 2.38 bits per heavy atom. The molecular formula is C11H11NS. The molecule has 0 bridgehead atoms. The van der Waals surface area contributed by atoms with Gasteiger partial charge in [-0.15, -0.1) is 0 Å². The molecule has 0 fully saturated rings. The van der Waals surface area contributed by atoms with E-state index in [1.54, 1.807) is 0 Å². The fourth-order valence-electron chi connectivity index (χ4n) is 1.38. The first-order chi connectivity index (χ1) is 6.27. The second-order valence-electron chi connectivity index (χ2n) is 3.06. The molecule has 0 aliphatic heterocycles. The van der Waals surface area contributed by atoms with Crippen molar-refractivity contribution in [2.75, 3.05) is 11.4 Å². The monoisotopic (exact) mass is 189 g/mol. The van der Waals surface area contributed by atoms with Crippen LogP contribution in [0.25, 0.3) is 10.8 Å². The molecule has 0 radical (unpaired) electrons. The van der Waals surface area contributed by atoms with Gasteiger partial charge in [0, 0.05) is 12.7 Å². The molecule has 1 nitrogen and oxygen atoms in total. The van der Waals surface area contributed by atoms with E-state index in [-0.39, 0.29) is 0 Å². The summed E-state index contributed by atoms with van der Waals surface area (Å²) in [5.41, 5.74) is 1.11. The highest BCUT2D eigenvalue weighted by Gasteiger charge is 1.96. The van der Waals surface area contributed by atoms with Gasteiger partial charge < -0.3 is 4.31 Å². The fraction of sp³-hybridized carbons (Fsp3) is 0.0909. The van der Waals surface area contributed by atoms with Crippen LogP contribution in [0.5, 0.6) is 0 Å². The normalized spacial score (nSPS) is 10.3. The lowest BCUT2D eigenvalue weighted by atomic mass is 10.1. The molecule has 0 aliphatic carbocycles. The van der Waals surface area contributed by atoms with Gasteiger partial charge in [-0.3, -0.25) is 0 Å². The number of anilines is 1. The zero-order valence-electron chi connectivity index (χ0n) is 7.44. The first-order valence-electron chi connectivity index (χ1n) is 4.19. The van der Waals surface area contributed by atoms with Crippen LogP contribution in [0.15, 0.2) is 42.5 Å². The highest BCUT2D eigenvalue weighted by molar-refractivity contribution is 7.81. The molecule has 0 aliphatic rings. The highest BCUT2D eigenvalue weighted by atomic mass is 32.1. The Bertz CT molecular complexity index is 423. The molecule has 0 unspecified atom stereocenters. The summed E-state index contributed by atoms with van der Waals surface area (Å²) in [6.07, 6.45) is 0. The summed E-state index contributed by atoms with van der Waals surface area (Å²) in [5.74, 6) is 0. The Morgan fingerprint density at radius 1 is 1.00 bits per heavy atom. The minimum atomic E-state index is 1.11. The zero-order chi connectivity index (χ0) is 9.26. The molecule has 2 aromatic carbocycles. The third kappa shape index (κ3) is 1.63. The van der Waals surface area contributed by atoms with Gasteiger partial charge >= 0.3 is 0 Å². The number of benzene rings is 2. The molecule has 0 amide bonds. The second kappa shape index (κ2) is 3.30. The molecule has 13 heavy (non-hydrogen) atoms. The van der Waals surface area contributed by atoms with E-state index in [0.717, 1.165) is 5.69 Å². The maximum Gasteiger partial charge on any atom is 0.0470 e. The Labute approximate surface area is 83.5 Å². The molecule has 2 heteroatoms. The lowest BCUT2D eigenvalue weighted by Crippen LogP contribution is -1.99. The minimum absolute atomic E-state index is 1.11. The van der Waals surface area contributed by atoms with Crippen molar-refractivity contribution in [3.05, 3.63) is 42.5 Å². The Balaban J connectivity index is 2.62. The van der Waals surface area contributed by atoms with E-state index in [9.17, 15) is 0 Å². The number of rotatable bonds is 1. The third-order valence-electron chi connectivity index (χ3n) is 2.11. The van der Waals surface area contributed by atoms with Gasteiger partial charge in [-0.05, 0) is 22.9 Å². The quantitative estimate of drug-likeness (QED) is 0.674. The summed E-state index contributed by atoms with van der Waals surface area (Å²) < 4.78 is 1.81. The summed E-state index contributed by atoms with van der Waals surface area (Å²) in [4.78, 5) is 0. The van der Waals surface area contributed by atoms with Crippen LogP contribution >= 0.6 is 12.8 Å². The van der Waals surface area contributed by atoms with Gasteiger partial charge in [0.1, 0.15) is 0 Å². The Hall–Kier alpha value is -1.15. The van der Waals surface area contributed by atoms with Gasteiger partial charge in [-0.1, -0.05) is 43.1 Å². The van der Waals surface area contributed by atoms with E-state index in [0.29, 0.717) is 0 Å². The van der Waals surface area contributed by atoms with Gasteiger partial charge in [-0.25, -0.2) is 0 Å². The Morgan fingerprint density at radius 2 is 1.69 bits per heavy atom. The number of thiol groups is 1. The maximum atomic E-state index is 4.25. The summed E-state index contributed by atoms with van der Waals surface area (Å²) in [6, 6.07) is 14.6. The molecule has 0 aromatic heterocycles. The molecule has 0 atom stereocenters.